The smallest absolute Gasteiger partial charge is 0.383 e. The Morgan fingerprint density at radius 3 is 2.12 bits per heavy atom. The second-order valence-electron chi connectivity index (χ2n) is 4.33. The number of benzene rings is 1. The van der Waals surface area contributed by atoms with Gasteiger partial charge in [0, 0.05) is 17.8 Å². The largest absolute Gasteiger partial charge is 0.416 e. The second kappa shape index (κ2) is 5.40. The van der Waals surface area contributed by atoms with Crippen LogP contribution in [0.5, 0.6) is 0 Å². The Morgan fingerprint density at radius 1 is 1.18 bits per heavy atom. The molecule has 2 atom stereocenters. The van der Waals surface area contributed by atoms with Crippen molar-refractivity contribution in [1.82, 2.24) is 0 Å². The molecule has 2 nitrogen and oxygen atoms in total. The van der Waals surface area contributed by atoms with Crippen molar-refractivity contribution < 1.29 is 13.2 Å². The van der Waals surface area contributed by atoms with E-state index in [0.29, 0.717) is 5.69 Å². The molecule has 0 amide bonds. The fourth-order valence-electron chi connectivity index (χ4n) is 1.66. The molecule has 0 aromatic heterocycles. The van der Waals surface area contributed by atoms with Gasteiger partial charge in [0.15, 0.2) is 0 Å². The van der Waals surface area contributed by atoms with E-state index in [2.05, 4.69) is 5.32 Å². The fourth-order valence-corrected chi connectivity index (χ4v) is 1.66. The van der Waals surface area contributed by atoms with Crippen LogP contribution in [-0.2, 0) is 6.18 Å². The van der Waals surface area contributed by atoms with Crippen LogP contribution in [0.4, 0.5) is 18.9 Å². The predicted octanol–water partition coefficient (Wildman–Crippen LogP) is 3.24. The Bertz CT molecular complexity index is 344. The molecule has 0 aliphatic carbocycles. The topological polar surface area (TPSA) is 38.0 Å². The monoisotopic (exact) mass is 246 g/mol. The Hall–Kier alpha value is -1.23. The molecule has 0 saturated carbocycles. The number of hydrogen-bond acceptors (Lipinski definition) is 2. The molecular formula is C12H17F3N2. The summed E-state index contributed by atoms with van der Waals surface area (Å²) >= 11 is 0. The van der Waals surface area contributed by atoms with Gasteiger partial charge in [-0.2, -0.15) is 13.2 Å². The number of alkyl halides is 3. The normalized spacial score (nSPS) is 15.4. The van der Waals surface area contributed by atoms with E-state index in [1.54, 1.807) is 0 Å². The van der Waals surface area contributed by atoms with Crippen molar-refractivity contribution in [3.8, 4) is 0 Å². The molecule has 17 heavy (non-hydrogen) atoms. The van der Waals surface area contributed by atoms with Gasteiger partial charge in [0.25, 0.3) is 0 Å². The molecule has 1 rings (SSSR count). The summed E-state index contributed by atoms with van der Waals surface area (Å²) in [6.07, 6.45) is -3.52. The summed E-state index contributed by atoms with van der Waals surface area (Å²) in [4.78, 5) is 0. The molecule has 5 heteroatoms. The van der Waals surface area contributed by atoms with Crippen molar-refractivity contribution in [1.29, 1.82) is 0 Å². The van der Waals surface area contributed by atoms with E-state index < -0.39 is 11.7 Å². The lowest BCUT2D eigenvalue weighted by atomic mass is 10.1. The zero-order valence-corrected chi connectivity index (χ0v) is 9.88. The van der Waals surface area contributed by atoms with Crippen molar-refractivity contribution in [2.45, 2.75) is 38.5 Å². The Kier molecular flexibility index (Phi) is 4.40. The zero-order valence-electron chi connectivity index (χ0n) is 9.88. The number of anilines is 1. The number of nitrogens with one attached hydrogen (secondary N) is 1. The lowest BCUT2D eigenvalue weighted by molar-refractivity contribution is -0.137. The molecule has 0 saturated heterocycles. The predicted molar refractivity (Wildman–Crippen MR) is 62.8 cm³/mol. The highest BCUT2D eigenvalue weighted by Gasteiger charge is 2.29. The summed E-state index contributed by atoms with van der Waals surface area (Å²) in [6.45, 7) is 3.84. The lowest BCUT2D eigenvalue weighted by Crippen LogP contribution is -2.26. The maximum Gasteiger partial charge on any atom is 0.416 e. The van der Waals surface area contributed by atoms with E-state index in [1.807, 2.05) is 13.8 Å². The van der Waals surface area contributed by atoms with Gasteiger partial charge in [-0.15, -0.1) is 0 Å². The summed E-state index contributed by atoms with van der Waals surface area (Å²) in [5.74, 6) is 0. The molecule has 0 radical (unpaired) electrons. The van der Waals surface area contributed by atoms with Gasteiger partial charge < -0.3 is 11.1 Å². The van der Waals surface area contributed by atoms with E-state index in [4.69, 9.17) is 5.73 Å². The van der Waals surface area contributed by atoms with Crippen LogP contribution in [0, 0.1) is 0 Å². The van der Waals surface area contributed by atoms with Gasteiger partial charge in [0.1, 0.15) is 0 Å². The molecule has 1 aromatic carbocycles. The zero-order chi connectivity index (χ0) is 13.1. The molecule has 1 aromatic rings. The number of rotatable bonds is 4. The van der Waals surface area contributed by atoms with Crippen LogP contribution >= 0.6 is 0 Å². The maximum absolute atomic E-state index is 12.3. The minimum Gasteiger partial charge on any atom is -0.383 e. The van der Waals surface area contributed by atoms with Crippen LogP contribution in [0.3, 0.4) is 0 Å². The van der Waals surface area contributed by atoms with Gasteiger partial charge in [0.05, 0.1) is 5.56 Å². The fraction of sp³-hybridized carbons (Fsp3) is 0.500. The van der Waals surface area contributed by atoms with Crippen LogP contribution in [0.2, 0.25) is 0 Å². The van der Waals surface area contributed by atoms with Crippen LogP contribution in [0.15, 0.2) is 24.3 Å². The summed E-state index contributed by atoms with van der Waals surface area (Å²) in [5.41, 5.74) is 5.68. The van der Waals surface area contributed by atoms with Crippen LogP contribution in [0.25, 0.3) is 0 Å². The van der Waals surface area contributed by atoms with Crippen molar-refractivity contribution in [3.63, 3.8) is 0 Å². The molecule has 0 aliphatic rings. The molecule has 0 fully saturated rings. The first kappa shape index (κ1) is 13.8. The lowest BCUT2D eigenvalue weighted by Gasteiger charge is -2.17. The maximum atomic E-state index is 12.3. The van der Waals surface area contributed by atoms with Gasteiger partial charge in [-0.1, -0.05) is 0 Å². The highest BCUT2D eigenvalue weighted by molar-refractivity contribution is 5.45. The number of halogens is 3. The summed E-state index contributed by atoms with van der Waals surface area (Å²) in [6, 6.07) is 5.20. The Labute approximate surface area is 99.0 Å². The average Bonchev–Trinajstić information content (AvgIpc) is 2.15. The molecule has 0 heterocycles. The van der Waals surface area contributed by atoms with Crippen LogP contribution in [-0.4, -0.2) is 12.1 Å². The third kappa shape index (κ3) is 4.65. The second-order valence-corrected chi connectivity index (χ2v) is 4.33. The number of hydrogen-bond donors (Lipinski definition) is 2. The molecule has 96 valence electrons. The van der Waals surface area contributed by atoms with Gasteiger partial charge in [-0.3, -0.25) is 0 Å². The van der Waals surface area contributed by atoms with Crippen molar-refractivity contribution in [2.75, 3.05) is 5.32 Å². The van der Waals surface area contributed by atoms with Gasteiger partial charge in [-0.05, 0) is 44.5 Å². The van der Waals surface area contributed by atoms with Crippen molar-refractivity contribution >= 4 is 5.69 Å². The van der Waals surface area contributed by atoms with Gasteiger partial charge in [-0.25, -0.2) is 0 Å². The average molecular weight is 246 g/mol. The van der Waals surface area contributed by atoms with Gasteiger partial charge >= 0.3 is 6.18 Å². The molecule has 2 unspecified atom stereocenters. The third-order valence-corrected chi connectivity index (χ3v) is 2.35. The highest BCUT2D eigenvalue weighted by Crippen LogP contribution is 2.29. The minimum absolute atomic E-state index is 0.0620. The summed E-state index contributed by atoms with van der Waals surface area (Å²) < 4.78 is 37.0. The van der Waals surface area contributed by atoms with Crippen molar-refractivity contribution in [2.24, 2.45) is 5.73 Å². The standard InChI is InChI=1S/C12H17F3N2/c1-8(16)7-9(2)17-11-5-3-10(4-6-11)12(13,14)15/h3-6,8-9,17H,7,16H2,1-2H3. The van der Waals surface area contributed by atoms with E-state index in [0.717, 1.165) is 18.6 Å². The van der Waals surface area contributed by atoms with E-state index in [9.17, 15) is 13.2 Å². The van der Waals surface area contributed by atoms with Gasteiger partial charge in [0.2, 0.25) is 0 Å². The van der Waals surface area contributed by atoms with Crippen LogP contribution < -0.4 is 11.1 Å². The quantitative estimate of drug-likeness (QED) is 0.855. The molecule has 0 aliphatic heterocycles. The first-order chi connectivity index (χ1) is 7.79. The first-order valence-electron chi connectivity index (χ1n) is 5.48. The van der Waals surface area contributed by atoms with Crippen molar-refractivity contribution in [3.05, 3.63) is 29.8 Å². The summed E-state index contributed by atoms with van der Waals surface area (Å²) in [5, 5.41) is 3.10. The highest BCUT2D eigenvalue weighted by atomic mass is 19.4. The third-order valence-electron chi connectivity index (χ3n) is 2.35. The Balaban J connectivity index is 2.63. The number of nitrogens with two attached hydrogens (primary N) is 1. The minimum atomic E-state index is -4.28. The molecular weight excluding hydrogens is 229 g/mol. The van der Waals surface area contributed by atoms with Crippen LogP contribution in [0.1, 0.15) is 25.8 Å². The van der Waals surface area contributed by atoms with E-state index in [1.165, 1.54) is 12.1 Å². The molecule has 0 spiro atoms. The molecule has 3 N–H and O–H groups in total. The molecule has 0 bridgehead atoms. The Morgan fingerprint density at radius 2 is 1.71 bits per heavy atom. The van der Waals surface area contributed by atoms with E-state index in [-0.39, 0.29) is 12.1 Å². The SMILES string of the molecule is CC(N)CC(C)Nc1ccc(C(F)(F)F)cc1. The summed E-state index contributed by atoms with van der Waals surface area (Å²) in [7, 11) is 0. The first-order valence-corrected chi connectivity index (χ1v) is 5.48. The van der Waals surface area contributed by atoms with E-state index >= 15 is 0 Å².